The Morgan fingerprint density at radius 2 is 1.92 bits per heavy atom. The summed E-state index contributed by atoms with van der Waals surface area (Å²) in [7, 11) is 0. The van der Waals surface area contributed by atoms with Crippen LogP contribution in [0.5, 0.6) is 5.75 Å². The number of phenols is 1. The second kappa shape index (κ2) is 7.25. The van der Waals surface area contributed by atoms with Crippen LogP contribution in [0.1, 0.15) is 25.5 Å². The van der Waals surface area contributed by atoms with Crippen LogP contribution in [0.3, 0.4) is 0 Å². The third-order valence-electron chi connectivity index (χ3n) is 3.70. The van der Waals surface area contributed by atoms with Gasteiger partial charge in [0, 0.05) is 6.54 Å². The maximum absolute atomic E-state index is 13.7. The van der Waals surface area contributed by atoms with E-state index in [9.17, 15) is 23.1 Å². The summed E-state index contributed by atoms with van der Waals surface area (Å²) in [4.78, 5) is 13.7. The number of phenolic OH excluding ortho intramolecular Hbond substituents is 1. The second-order valence-electron chi connectivity index (χ2n) is 5.21. The molecule has 2 N–H and O–H groups in total. The number of rotatable bonds is 4. The number of urea groups is 1. The van der Waals surface area contributed by atoms with Crippen molar-refractivity contribution in [1.82, 2.24) is 4.90 Å². The molecule has 4 nitrogen and oxygen atoms in total. The molecule has 0 heterocycles. The first-order chi connectivity index (χ1) is 11.3. The predicted molar refractivity (Wildman–Crippen MR) is 84.2 cm³/mol. The number of anilines is 1. The molecule has 0 aromatic heterocycles. The van der Waals surface area contributed by atoms with Gasteiger partial charge in [-0.05, 0) is 43.7 Å². The van der Waals surface area contributed by atoms with Gasteiger partial charge in [-0.1, -0.05) is 12.1 Å². The number of nitrogens with one attached hydrogen (secondary N) is 1. The van der Waals surface area contributed by atoms with Crippen molar-refractivity contribution in [2.75, 3.05) is 11.9 Å². The zero-order valence-corrected chi connectivity index (χ0v) is 13.2. The summed E-state index contributed by atoms with van der Waals surface area (Å²) in [5, 5.41) is 11.8. The minimum atomic E-state index is -1.64. The molecule has 0 fully saturated rings. The molecule has 7 heteroatoms. The van der Waals surface area contributed by atoms with Crippen molar-refractivity contribution in [2.24, 2.45) is 0 Å². The monoisotopic (exact) mass is 338 g/mol. The quantitative estimate of drug-likeness (QED) is 0.811. The van der Waals surface area contributed by atoms with Crippen LogP contribution in [-0.2, 0) is 0 Å². The molecule has 0 bridgehead atoms. The van der Waals surface area contributed by atoms with Crippen LogP contribution in [0.25, 0.3) is 0 Å². The maximum atomic E-state index is 13.7. The molecule has 0 aliphatic rings. The van der Waals surface area contributed by atoms with Crippen LogP contribution in [0, 0.1) is 17.5 Å². The largest absolute Gasteiger partial charge is 0.508 e. The average molecular weight is 338 g/mol. The lowest BCUT2D eigenvalue weighted by Gasteiger charge is -2.28. The van der Waals surface area contributed by atoms with Crippen molar-refractivity contribution in [3.63, 3.8) is 0 Å². The zero-order valence-electron chi connectivity index (χ0n) is 13.2. The Balaban J connectivity index is 2.22. The van der Waals surface area contributed by atoms with Gasteiger partial charge in [0.1, 0.15) is 5.75 Å². The van der Waals surface area contributed by atoms with Crippen LogP contribution in [0.15, 0.2) is 36.4 Å². The topological polar surface area (TPSA) is 52.6 Å². The number of nitrogens with zero attached hydrogens (tertiary/aromatic N) is 1. The van der Waals surface area contributed by atoms with Gasteiger partial charge in [0.15, 0.2) is 17.5 Å². The highest BCUT2D eigenvalue weighted by Gasteiger charge is 2.22. The summed E-state index contributed by atoms with van der Waals surface area (Å²) in [6.07, 6.45) is 0. The van der Waals surface area contributed by atoms with Gasteiger partial charge in [-0.25, -0.2) is 18.0 Å². The third-order valence-corrected chi connectivity index (χ3v) is 3.70. The molecular weight excluding hydrogens is 321 g/mol. The summed E-state index contributed by atoms with van der Waals surface area (Å²) < 4.78 is 39.9. The number of aromatic hydroxyl groups is 1. The molecule has 2 aromatic carbocycles. The smallest absolute Gasteiger partial charge is 0.322 e. The SMILES string of the molecule is CCN(C(=O)Nc1ccc(F)c(F)c1F)[C@@H](C)c1cccc(O)c1. The molecule has 0 aliphatic heterocycles. The Bertz CT molecular complexity index is 753. The summed E-state index contributed by atoms with van der Waals surface area (Å²) >= 11 is 0. The van der Waals surface area contributed by atoms with Crippen molar-refractivity contribution in [3.05, 3.63) is 59.4 Å². The normalized spacial score (nSPS) is 11.9. The lowest BCUT2D eigenvalue weighted by Crippen LogP contribution is -2.37. The number of carbonyl (C=O) groups is 1. The van der Waals surface area contributed by atoms with Crippen molar-refractivity contribution >= 4 is 11.7 Å². The summed E-state index contributed by atoms with van der Waals surface area (Å²) in [6.45, 7) is 3.74. The molecular formula is C17H17F3N2O2. The molecule has 0 saturated carbocycles. The van der Waals surface area contributed by atoms with E-state index in [1.54, 1.807) is 26.0 Å². The number of benzene rings is 2. The molecule has 2 amide bonds. The summed E-state index contributed by atoms with van der Waals surface area (Å²) in [5.41, 5.74) is 0.234. The van der Waals surface area contributed by atoms with E-state index in [1.165, 1.54) is 17.0 Å². The van der Waals surface area contributed by atoms with Crippen LogP contribution in [0.2, 0.25) is 0 Å². The van der Waals surface area contributed by atoms with E-state index in [-0.39, 0.29) is 12.3 Å². The first-order valence-corrected chi connectivity index (χ1v) is 7.35. The fourth-order valence-electron chi connectivity index (χ4n) is 2.37. The van der Waals surface area contributed by atoms with Crippen molar-refractivity contribution in [2.45, 2.75) is 19.9 Å². The lowest BCUT2D eigenvalue weighted by atomic mass is 10.1. The second-order valence-corrected chi connectivity index (χ2v) is 5.21. The van der Waals surface area contributed by atoms with Gasteiger partial charge >= 0.3 is 6.03 Å². The van der Waals surface area contributed by atoms with E-state index in [1.807, 2.05) is 0 Å². The van der Waals surface area contributed by atoms with Crippen LogP contribution in [-0.4, -0.2) is 22.6 Å². The average Bonchev–Trinajstić information content (AvgIpc) is 2.56. The van der Waals surface area contributed by atoms with Gasteiger partial charge in [-0.15, -0.1) is 0 Å². The van der Waals surface area contributed by atoms with Crippen molar-refractivity contribution < 1.29 is 23.1 Å². The molecule has 0 unspecified atom stereocenters. The zero-order chi connectivity index (χ0) is 17.9. The molecule has 0 aliphatic carbocycles. The Hall–Kier alpha value is -2.70. The standard InChI is InChI=1S/C17H17F3N2O2/c1-3-22(10(2)11-5-4-6-12(23)9-11)17(24)21-14-8-7-13(18)15(19)16(14)20/h4-10,23H,3H2,1-2H3,(H,21,24)/t10-/m0/s1. The fourth-order valence-corrected chi connectivity index (χ4v) is 2.37. The van der Waals surface area contributed by atoms with E-state index in [2.05, 4.69) is 5.32 Å². The first kappa shape index (κ1) is 17.7. The minimum absolute atomic E-state index is 0.0578. The Labute approximate surface area is 137 Å². The van der Waals surface area contributed by atoms with E-state index < -0.39 is 35.2 Å². The van der Waals surface area contributed by atoms with Crippen LogP contribution < -0.4 is 5.32 Å². The number of amides is 2. The molecule has 24 heavy (non-hydrogen) atoms. The van der Waals surface area contributed by atoms with Crippen LogP contribution >= 0.6 is 0 Å². The van der Waals surface area contributed by atoms with Gasteiger partial charge in [0.05, 0.1) is 11.7 Å². The van der Waals surface area contributed by atoms with E-state index >= 15 is 0 Å². The predicted octanol–water partition coefficient (Wildman–Crippen LogP) is 4.42. The molecule has 0 saturated heterocycles. The third kappa shape index (κ3) is 3.61. The Kier molecular flexibility index (Phi) is 5.33. The van der Waals surface area contributed by atoms with E-state index in [4.69, 9.17) is 0 Å². The fraction of sp³-hybridized carbons (Fsp3) is 0.235. The van der Waals surface area contributed by atoms with Gasteiger partial charge in [-0.3, -0.25) is 0 Å². The molecule has 0 radical (unpaired) electrons. The van der Waals surface area contributed by atoms with Crippen molar-refractivity contribution in [1.29, 1.82) is 0 Å². The maximum Gasteiger partial charge on any atom is 0.322 e. The van der Waals surface area contributed by atoms with Gasteiger partial charge in [-0.2, -0.15) is 0 Å². The highest BCUT2D eigenvalue weighted by Crippen LogP contribution is 2.25. The molecule has 128 valence electrons. The lowest BCUT2D eigenvalue weighted by molar-refractivity contribution is 0.196. The summed E-state index contributed by atoms with van der Waals surface area (Å²) in [6, 6.07) is 7.00. The highest BCUT2D eigenvalue weighted by molar-refractivity contribution is 5.89. The molecule has 2 rings (SSSR count). The van der Waals surface area contributed by atoms with Gasteiger partial charge < -0.3 is 15.3 Å². The number of hydrogen-bond acceptors (Lipinski definition) is 2. The van der Waals surface area contributed by atoms with Crippen molar-refractivity contribution in [3.8, 4) is 5.75 Å². The van der Waals surface area contributed by atoms with E-state index in [0.29, 0.717) is 5.56 Å². The highest BCUT2D eigenvalue weighted by atomic mass is 19.2. The van der Waals surface area contributed by atoms with Gasteiger partial charge in [0.25, 0.3) is 0 Å². The molecule has 1 atom stereocenters. The number of hydrogen-bond donors (Lipinski definition) is 2. The first-order valence-electron chi connectivity index (χ1n) is 7.35. The number of carbonyl (C=O) groups excluding carboxylic acids is 1. The molecule has 0 spiro atoms. The minimum Gasteiger partial charge on any atom is -0.508 e. The number of halogens is 3. The van der Waals surface area contributed by atoms with Gasteiger partial charge in [0.2, 0.25) is 0 Å². The Morgan fingerprint density at radius 1 is 1.21 bits per heavy atom. The summed E-state index contributed by atoms with van der Waals surface area (Å²) in [5.74, 6) is -4.37. The Morgan fingerprint density at radius 3 is 2.54 bits per heavy atom. The van der Waals surface area contributed by atoms with E-state index in [0.717, 1.165) is 12.1 Å². The molecule has 2 aromatic rings. The van der Waals surface area contributed by atoms with Crippen LogP contribution in [0.4, 0.5) is 23.7 Å².